The SMILES string of the molecule is CC/C=C\C/C=C\C/C=C\C/C=C\C/C=C\CCCC(=O)OC(COC(=O)CCCCCCCCC)COC(=O)CCCCCCCCCCCCCCCCCCCC/C=C\C/C=C\C/C=C\CCCCCCC. The van der Waals surface area contributed by atoms with Crippen LogP contribution in [-0.2, 0) is 28.6 Å². The molecule has 1 unspecified atom stereocenters. The van der Waals surface area contributed by atoms with Gasteiger partial charge in [0.25, 0.3) is 0 Å². The zero-order valence-corrected chi connectivity index (χ0v) is 49.3. The second-order valence-electron chi connectivity index (χ2n) is 20.9. The van der Waals surface area contributed by atoms with E-state index in [0.29, 0.717) is 19.3 Å². The van der Waals surface area contributed by atoms with Crippen LogP contribution in [0.2, 0.25) is 0 Å². The fourth-order valence-electron chi connectivity index (χ4n) is 8.84. The number of unbranched alkanes of at least 4 members (excludes halogenated alkanes) is 30. The van der Waals surface area contributed by atoms with E-state index in [1.807, 2.05) is 0 Å². The maximum atomic E-state index is 12.8. The van der Waals surface area contributed by atoms with Crippen molar-refractivity contribution in [1.82, 2.24) is 0 Å². The van der Waals surface area contributed by atoms with E-state index in [-0.39, 0.29) is 37.5 Å². The third kappa shape index (κ3) is 61.1. The van der Waals surface area contributed by atoms with Crippen LogP contribution >= 0.6 is 0 Å². The van der Waals surface area contributed by atoms with Gasteiger partial charge in [0, 0.05) is 19.3 Å². The molecule has 6 heteroatoms. The third-order valence-electron chi connectivity index (χ3n) is 13.6. The van der Waals surface area contributed by atoms with Gasteiger partial charge in [-0.05, 0) is 96.3 Å². The van der Waals surface area contributed by atoms with Gasteiger partial charge in [0.1, 0.15) is 13.2 Å². The van der Waals surface area contributed by atoms with E-state index in [2.05, 4.69) is 118 Å². The Labute approximate surface area is 464 Å². The molecule has 0 heterocycles. The normalized spacial score (nSPS) is 12.7. The zero-order valence-electron chi connectivity index (χ0n) is 49.3. The summed E-state index contributed by atoms with van der Waals surface area (Å²) in [6, 6.07) is 0. The van der Waals surface area contributed by atoms with Crippen molar-refractivity contribution in [2.75, 3.05) is 13.2 Å². The summed E-state index contributed by atoms with van der Waals surface area (Å²) in [5.74, 6) is -0.957. The topological polar surface area (TPSA) is 78.9 Å². The molecule has 0 aromatic rings. The zero-order chi connectivity index (χ0) is 54.3. The Balaban J connectivity index is 4.07. The van der Waals surface area contributed by atoms with E-state index < -0.39 is 6.10 Å². The van der Waals surface area contributed by atoms with Gasteiger partial charge in [-0.25, -0.2) is 0 Å². The summed E-state index contributed by atoms with van der Waals surface area (Å²) < 4.78 is 16.7. The van der Waals surface area contributed by atoms with Crippen LogP contribution in [0.25, 0.3) is 0 Å². The average molecular weight is 1040 g/mol. The van der Waals surface area contributed by atoms with Crippen molar-refractivity contribution >= 4 is 17.9 Å². The number of ether oxygens (including phenoxy) is 3. The fourth-order valence-corrected chi connectivity index (χ4v) is 8.84. The molecule has 0 rings (SSSR count). The predicted octanol–water partition coefficient (Wildman–Crippen LogP) is 21.7. The Kier molecular flexibility index (Phi) is 59.8. The molecule has 0 aliphatic carbocycles. The van der Waals surface area contributed by atoms with Gasteiger partial charge in [0.05, 0.1) is 0 Å². The molecule has 0 aliphatic heterocycles. The van der Waals surface area contributed by atoms with Crippen LogP contribution in [0.1, 0.15) is 303 Å². The third-order valence-corrected chi connectivity index (χ3v) is 13.6. The second kappa shape index (κ2) is 62.9. The molecule has 0 saturated heterocycles. The molecule has 430 valence electrons. The van der Waals surface area contributed by atoms with Crippen LogP contribution in [0.4, 0.5) is 0 Å². The van der Waals surface area contributed by atoms with E-state index in [9.17, 15) is 14.4 Å². The Bertz CT molecular complexity index is 1480. The number of hydrogen-bond acceptors (Lipinski definition) is 6. The molecule has 0 aliphatic rings. The highest BCUT2D eigenvalue weighted by Crippen LogP contribution is 2.16. The van der Waals surface area contributed by atoms with Crippen molar-refractivity contribution in [3.8, 4) is 0 Å². The van der Waals surface area contributed by atoms with Crippen LogP contribution in [0.3, 0.4) is 0 Å². The summed E-state index contributed by atoms with van der Waals surface area (Å²) in [6.45, 7) is 6.44. The van der Waals surface area contributed by atoms with Crippen molar-refractivity contribution in [2.24, 2.45) is 0 Å². The van der Waals surface area contributed by atoms with Crippen molar-refractivity contribution in [3.63, 3.8) is 0 Å². The minimum Gasteiger partial charge on any atom is -0.462 e. The summed E-state index contributed by atoms with van der Waals surface area (Å²) in [7, 11) is 0. The van der Waals surface area contributed by atoms with Crippen LogP contribution < -0.4 is 0 Å². The number of carbonyl (C=O) groups is 3. The predicted molar refractivity (Wildman–Crippen MR) is 325 cm³/mol. The smallest absolute Gasteiger partial charge is 0.306 e. The van der Waals surface area contributed by atoms with Crippen molar-refractivity contribution in [1.29, 1.82) is 0 Å². The molecule has 6 nitrogen and oxygen atoms in total. The van der Waals surface area contributed by atoms with E-state index in [1.54, 1.807) is 0 Å². The van der Waals surface area contributed by atoms with Gasteiger partial charge in [0.2, 0.25) is 0 Å². The Morgan fingerprint density at radius 3 is 0.853 bits per heavy atom. The summed E-state index contributed by atoms with van der Waals surface area (Å²) in [5, 5.41) is 0. The lowest BCUT2D eigenvalue weighted by atomic mass is 10.0. The van der Waals surface area contributed by atoms with Gasteiger partial charge < -0.3 is 14.2 Å². The molecule has 0 aromatic heterocycles. The molecule has 1 atom stereocenters. The van der Waals surface area contributed by atoms with Crippen LogP contribution in [0.5, 0.6) is 0 Å². The number of allylic oxidation sites excluding steroid dienone is 16. The van der Waals surface area contributed by atoms with Crippen LogP contribution in [0.15, 0.2) is 97.2 Å². The van der Waals surface area contributed by atoms with E-state index in [4.69, 9.17) is 14.2 Å². The second-order valence-corrected chi connectivity index (χ2v) is 20.9. The molecule has 0 radical (unpaired) electrons. The molecule has 75 heavy (non-hydrogen) atoms. The molecule has 0 amide bonds. The minimum atomic E-state index is -0.804. The molecule has 0 aromatic carbocycles. The molecular weight excluding hydrogens is 925 g/mol. The molecule has 0 fully saturated rings. The van der Waals surface area contributed by atoms with Crippen LogP contribution in [-0.4, -0.2) is 37.2 Å². The number of esters is 3. The Morgan fingerprint density at radius 2 is 0.533 bits per heavy atom. The van der Waals surface area contributed by atoms with Gasteiger partial charge in [-0.15, -0.1) is 0 Å². The molecule has 0 saturated carbocycles. The average Bonchev–Trinajstić information content (AvgIpc) is 3.41. The van der Waals surface area contributed by atoms with E-state index >= 15 is 0 Å². The summed E-state index contributed by atoms with van der Waals surface area (Å²) in [6.07, 6.45) is 84.6. The van der Waals surface area contributed by atoms with Gasteiger partial charge in [-0.1, -0.05) is 285 Å². The maximum absolute atomic E-state index is 12.8. The first-order chi connectivity index (χ1) is 37.0. The molecule has 0 spiro atoms. The van der Waals surface area contributed by atoms with Gasteiger partial charge >= 0.3 is 17.9 Å². The molecule has 0 N–H and O–H groups in total. The number of hydrogen-bond donors (Lipinski definition) is 0. The van der Waals surface area contributed by atoms with E-state index in [1.165, 1.54) is 167 Å². The first-order valence-corrected chi connectivity index (χ1v) is 31.7. The molecule has 0 bridgehead atoms. The number of carbonyl (C=O) groups excluding carboxylic acids is 3. The van der Waals surface area contributed by atoms with Gasteiger partial charge in [-0.2, -0.15) is 0 Å². The van der Waals surface area contributed by atoms with Crippen molar-refractivity contribution in [3.05, 3.63) is 97.2 Å². The monoisotopic (exact) mass is 1040 g/mol. The largest absolute Gasteiger partial charge is 0.462 e. The highest BCUT2D eigenvalue weighted by molar-refractivity contribution is 5.71. The first kappa shape index (κ1) is 71.3. The van der Waals surface area contributed by atoms with Gasteiger partial charge in [-0.3, -0.25) is 14.4 Å². The maximum Gasteiger partial charge on any atom is 0.306 e. The first-order valence-electron chi connectivity index (χ1n) is 31.7. The summed E-state index contributed by atoms with van der Waals surface area (Å²) in [5.41, 5.74) is 0. The highest BCUT2D eigenvalue weighted by Gasteiger charge is 2.19. The standard InChI is InChI=1S/C69H118O6/c1-4-7-10-13-16-18-20-22-24-26-27-28-29-30-31-32-33-34-35-36-37-38-39-40-41-43-44-46-48-50-53-56-59-62-68(71)74-65-66(64-73-67(70)61-58-55-52-15-12-9-6-3)75-69(72)63-60-57-54-51-49-47-45-42-25-23-21-19-17-14-11-8-5-2/h8,11,17,19-20,22-23,25-27,29-30,45,47,51,54,66H,4-7,9-10,12-16,18,21,24,28,31-44,46,48-50,52-53,55-65H2,1-3H3/b11-8-,19-17-,22-20-,25-23-,27-26-,30-29-,47-45-,54-51-. The Morgan fingerprint density at radius 1 is 0.280 bits per heavy atom. The van der Waals surface area contributed by atoms with Gasteiger partial charge in [0.15, 0.2) is 6.10 Å². The quantitative estimate of drug-likeness (QED) is 0.0261. The van der Waals surface area contributed by atoms with Crippen molar-refractivity contribution in [2.45, 2.75) is 309 Å². The van der Waals surface area contributed by atoms with Crippen molar-refractivity contribution < 1.29 is 28.6 Å². The molecular formula is C69H118O6. The Hall–Kier alpha value is -3.67. The van der Waals surface area contributed by atoms with E-state index in [0.717, 1.165) is 89.9 Å². The fraction of sp³-hybridized carbons (Fsp3) is 0.725. The minimum absolute atomic E-state index is 0.0976. The highest BCUT2D eigenvalue weighted by atomic mass is 16.6. The lowest BCUT2D eigenvalue weighted by molar-refractivity contribution is -0.167. The summed E-state index contributed by atoms with van der Waals surface area (Å²) in [4.78, 5) is 38.0. The summed E-state index contributed by atoms with van der Waals surface area (Å²) >= 11 is 0. The number of rotatable bonds is 57. The lowest BCUT2D eigenvalue weighted by Gasteiger charge is -2.18. The van der Waals surface area contributed by atoms with Crippen LogP contribution in [0, 0.1) is 0 Å². The lowest BCUT2D eigenvalue weighted by Crippen LogP contribution is -2.30.